The molecule has 0 fully saturated rings. The van der Waals surface area contributed by atoms with E-state index in [-0.39, 0.29) is 24.2 Å². The molecule has 8 heteroatoms. The Kier molecular flexibility index (Phi) is 6.21. The summed E-state index contributed by atoms with van der Waals surface area (Å²) in [7, 11) is 0. The molecule has 0 aliphatic rings. The molecule has 3 rings (SSSR count). The first-order valence-electron chi connectivity index (χ1n) is 8.69. The van der Waals surface area contributed by atoms with E-state index in [9.17, 15) is 9.18 Å². The molecular weight excluding hydrogens is 367 g/mol. The summed E-state index contributed by atoms with van der Waals surface area (Å²) in [6, 6.07) is 12.5. The second kappa shape index (κ2) is 8.98. The van der Waals surface area contributed by atoms with Crippen LogP contribution in [0.3, 0.4) is 0 Å². The number of hydrogen-bond donors (Lipinski definition) is 0. The molecule has 0 amide bonds. The standard InChI is InChI=1S/C20H19FN2O5/c1-3-25-16-8-10-17(11-9-16)26-12-18(24)27-13(2)19-22-23-20(28-19)14-4-6-15(21)7-5-14/h4-11,13H,3,12H2,1-2H3/t13-/m0/s1. The van der Waals surface area contributed by atoms with E-state index >= 15 is 0 Å². The molecule has 7 nitrogen and oxygen atoms in total. The lowest BCUT2D eigenvalue weighted by Gasteiger charge is -2.10. The van der Waals surface area contributed by atoms with Gasteiger partial charge >= 0.3 is 5.97 Å². The second-order valence-electron chi connectivity index (χ2n) is 5.78. The predicted octanol–water partition coefficient (Wildman–Crippen LogP) is 3.96. The van der Waals surface area contributed by atoms with E-state index in [1.54, 1.807) is 31.2 Å². The zero-order valence-corrected chi connectivity index (χ0v) is 15.4. The van der Waals surface area contributed by atoms with Gasteiger partial charge < -0.3 is 18.6 Å². The van der Waals surface area contributed by atoms with Crippen molar-refractivity contribution in [3.63, 3.8) is 0 Å². The predicted molar refractivity (Wildman–Crippen MR) is 97.3 cm³/mol. The van der Waals surface area contributed by atoms with Gasteiger partial charge in [0, 0.05) is 5.56 Å². The largest absolute Gasteiger partial charge is 0.494 e. The average molecular weight is 386 g/mol. The van der Waals surface area contributed by atoms with Crippen LogP contribution in [0.2, 0.25) is 0 Å². The minimum absolute atomic E-state index is 0.133. The molecule has 146 valence electrons. The first-order chi connectivity index (χ1) is 13.5. The minimum atomic E-state index is -0.752. The number of ether oxygens (including phenoxy) is 3. The van der Waals surface area contributed by atoms with Gasteiger partial charge in [-0.1, -0.05) is 0 Å². The number of rotatable bonds is 8. The molecule has 0 N–H and O–H groups in total. The lowest BCUT2D eigenvalue weighted by atomic mass is 10.2. The van der Waals surface area contributed by atoms with Gasteiger partial charge in [0.2, 0.25) is 5.89 Å². The van der Waals surface area contributed by atoms with E-state index in [0.717, 1.165) is 5.75 Å². The van der Waals surface area contributed by atoms with Crippen molar-refractivity contribution in [2.75, 3.05) is 13.2 Å². The fourth-order valence-corrected chi connectivity index (χ4v) is 2.33. The van der Waals surface area contributed by atoms with Crippen LogP contribution in [-0.4, -0.2) is 29.4 Å². The van der Waals surface area contributed by atoms with Crippen LogP contribution >= 0.6 is 0 Å². The van der Waals surface area contributed by atoms with Crippen LogP contribution in [0.25, 0.3) is 11.5 Å². The summed E-state index contributed by atoms with van der Waals surface area (Å²) in [6.07, 6.45) is -0.752. The van der Waals surface area contributed by atoms with Crippen LogP contribution in [0.15, 0.2) is 52.9 Å². The minimum Gasteiger partial charge on any atom is -0.494 e. The molecule has 1 heterocycles. The highest BCUT2D eigenvalue weighted by Crippen LogP contribution is 2.23. The SMILES string of the molecule is CCOc1ccc(OCC(=O)O[C@@H](C)c2nnc(-c3ccc(F)cc3)o2)cc1. The zero-order valence-electron chi connectivity index (χ0n) is 15.4. The van der Waals surface area contributed by atoms with Gasteiger partial charge in [0.15, 0.2) is 12.7 Å². The number of halogens is 1. The Balaban J connectivity index is 1.52. The van der Waals surface area contributed by atoms with Crippen LogP contribution in [0.1, 0.15) is 25.8 Å². The molecule has 0 bridgehead atoms. The maximum Gasteiger partial charge on any atom is 0.344 e. The number of aromatic nitrogens is 2. The molecule has 1 atom stereocenters. The maximum atomic E-state index is 13.0. The Morgan fingerprint density at radius 3 is 2.32 bits per heavy atom. The zero-order chi connectivity index (χ0) is 19.9. The van der Waals surface area contributed by atoms with E-state index in [2.05, 4.69) is 10.2 Å². The van der Waals surface area contributed by atoms with Crippen molar-refractivity contribution in [2.45, 2.75) is 20.0 Å². The molecule has 0 radical (unpaired) electrons. The summed E-state index contributed by atoms with van der Waals surface area (Å²) in [5.41, 5.74) is 0.567. The fraction of sp³-hybridized carbons (Fsp3) is 0.250. The van der Waals surface area contributed by atoms with E-state index in [1.165, 1.54) is 24.3 Å². The quantitative estimate of drug-likeness (QED) is 0.542. The van der Waals surface area contributed by atoms with Gasteiger partial charge in [-0.25, -0.2) is 9.18 Å². The van der Waals surface area contributed by atoms with Gasteiger partial charge in [0.1, 0.15) is 17.3 Å². The highest BCUT2D eigenvalue weighted by molar-refractivity contribution is 5.71. The average Bonchev–Trinajstić information content (AvgIpc) is 3.19. The molecule has 2 aromatic carbocycles. The summed E-state index contributed by atoms with van der Waals surface area (Å²) in [5, 5.41) is 7.76. The first-order valence-corrected chi connectivity index (χ1v) is 8.69. The number of benzene rings is 2. The van der Waals surface area contributed by atoms with Crippen LogP contribution in [0, 0.1) is 5.82 Å². The first kappa shape index (κ1) is 19.3. The molecule has 1 aromatic heterocycles. The lowest BCUT2D eigenvalue weighted by Crippen LogP contribution is -2.17. The number of carbonyl (C=O) groups excluding carboxylic acids is 1. The van der Waals surface area contributed by atoms with E-state index in [4.69, 9.17) is 18.6 Å². The highest BCUT2D eigenvalue weighted by Gasteiger charge is 2.19. The van der Waals surface area contributed by atoms with Crippen LogP contribution in [-0.2, 0) is 9.53 Å². The van der Waals surface area contributed by atoms with Gasteiger partial charge in [0.25, 0.3) is 5.89 Å². The molecular formula is C20H19FN2O5. The van der Waals surface area contributed by atoms with Gasteiger partial charge in [-0.15, -0.1) is 10.2 Å². The Labute approximate surface area is 161 Å². The number of nitrogens with zero attached hydrogens (tertiary/aromatic N) is 2. The summed E-state index contributed by atoms with van der Waals surface area (Å²) in [4.78, 5) is 12.0. The Morgan fingerprint density at radius 1 is 1.04 bits per heavy atom. The highest BCUT2D eigenvalue weighted by atomic mass is 19.1. The van der Waals surface area contributed by atoms with Crippen LogP contribution < -0.4 is 9.47 Å². The molecule has 28 heavy (non-hydrogen) atoms. The second-order valence-corrected chi connectivity index (χ2v) is 5.78. The van der Waals surface area contributed by atoms with Crippen molar-refractivity contribution >= 4 is 5.97 Å². The maximum absolute atomic E-state index is 13.0. The molecule has 3 aromatic rings. The smallest absolute Gasteiger partial charge is 0.344 e. The summed E-state index contributed by atoms with van der Waals surface area (Å²) < 4.78 is 34.5. The number of carbonyl (C=O) groups is 1. The molecule has 0 spiro atoms. The number of hydrogen-bond acceptors (Lipinski definition) is 7. The topological polar surface area (TPSA) is 83.7 Å². The van der Waals surface area contributed by atoms with Gasteiger partial charge in [-0.3, -0.25) is 0 Å². The Bertz CT molecular complexity index is 909. The molecule has 0 saturated heterocycles. The van der Waals surface area contributed by atoms with Crippen molar-refractivity contribution in [2.24, 2.45) is 0 Å². The van der Waals surface area contributed by atoms with Crippen LogP contribution in [0.5, 0.6) is 11.5 Å². The van der Waals surface area contributed by atoms with Crippen molar-refractivity contribution in [1.82, 2.24) is 10.2 Å². The third-order valence-corrected chi connectivity index (χ3v) is 3.68. The van der Waals surface area contributed by atoms with E-state index in [0.29, 0.717) is 17.9 Å². The Morgan fingerprint density at radius 2 is 1.68 bits per heavy atom. The summed E-state index contributed by atoms with van der Waals surface area (Å²) >= 11 is 0. The van der Waals surface area contributed by atoms with Crippen LogP contribution in [0.4, 0.5) is 4.39 Å². The van der Waals surface area contributed by atoms with Gasteiger partial charge in [0.05, 0.1) is 6.61 Å². The summed E-state index contributed by atoms with van der Waals surface area (Å²) in [6.45, 7) is 3.81. The van der Waals surface area contributed by atoms with Crippen molar-refractivity contribution in [3.8, 4) is 23.0 Å². The third-order valence-electron chi connectivity index (χ3n) is 3.68. The van der Waals surface area contributed by atoms with Crippen molar-refractivity contribution < 1.29 is 27.8 Å². The molecule has 0 aliphatic carbocycles. The van der Waals surface area contributed by atoms with Gasteiger partial charge in [-0.2, -0.15) is 0 Å². The molecule has 0 aliphatic heterocycles. The monoisotopic (exact) mass is 386 g/mol. The molecule has 0 saturated carbocycles. The lowest BCUT2D eigenvalue weighted by molar-refractivity contribution is -0.152. The third kappa shape index (κ3) is 5.06. The number of esters is 1. The van der Waals surface area contributed by atoms with Crippen molar-refractivity contribution in [1.29, 1.82) is 0 Å². The van der Waals surface area contributed by atoms with E-state index < -0.39 is 12.1 Å². The normalized spacial score (nSPS) is 11.7. The van der Waals surface area contributed by atoms with Crippen molar-refractivity contribution in [3.05, 3.63) is 60.2 Å². The molecule has 0 unspecified atom stereocenters. The Hall–Kier alpha value is -3.42. The fourth-order valence-electron chi connectivity index (χ4n) is 2.33. The van der Waals surface area contributed by atoms with Gasteiger partial charge in [-0.05, 0) is 62.4 Å². The summed E-state index contributed by atoms with van der Waals surface area (Å²) in [5.74, 6) is 0.641. The van der Waals surface area contributed by atoms with E-state index in [1.807, 2.05) is 6.92 Å².